The van der Waals surface area contributed by atoms with E-state index in [2.05, 4.69) is 5.32 Å². The van der Waals surface area contributed by atoms with E-state index in [0.717, 1.165) is 18.4 Å². The predicted octanol–water partition coefficient (Wildman–Crippen LogP) is 4.38. The third kappa shape index (κ3) is 3.85. The number of carbonyl (C=O) groups is 1. The first kappa shape index (κ1) is 15.1. The number of carbonyl (C=O) groups excluding carboxylic acids is 1. The third-order valence-electron chi connectivity index (χ3n) is 3.03. The summed E-state index contributed by atoms with van der Waals surface area (Å²) in [5.74, 6) is -0.137. The number of ether oxygens (including phenoxy) is 1. The molecule has 0 spiro atoms. The molecule has 1 aliphatic rings. The van der Waals surface area contributed by atoms with Crippen LogP contribution in [0.2, 0.25) is 5.02 Å². The topological polar surface area (TPSA) is 38.3 Å². The van der Waals surface area contributed by atoms with Crippen molar-refractivity contribution in [1.29, 1.82) is 0 Å². The van der Waals surface area contributed by atoms with Crippen LogP contribution in [-0.2, 0) is 11.3 Å². The fourth-order valence-electron chi connectivity index (χ4n) is 2.06. The summed E-state index contributed by atoms with van der Waals surface area (Å²) in [5, 5.41) is 2.79. The van der Waals surface area contributed by atoms with E-state index in [0.29, 0.717) is 5.56 Å². The van der Waals surface area contributed by atoms with Gasteiger partial charge in [0.15, 0.2) is 0 Å². The fraction of sp³-hybridized carbons (Fsp3) is 0.533. The van der Waals surface area contributed by atoms with Gasteiger partial charge in [0.25, 0.3) is 0 Å². The van der Waals surface area contributed by atoms with Crippen LogP contribution in [0.1, 0.15) is 50.7 Å². The summed E-state index contributed by atoms with van der Waals surface area (Å²) in [6, 6.07) is 3.28. The lowest BCUT2D eigenvalue weighted by Gasteiger charge is -2.20. The second-order valence-corrected chi connectivity index (χ2v) is 6.47. The Labute approximate surface area is 123 Å². The molecule has 2 rings (SSSR count). The first-order valence-electron chi connectivity index (χ1n) is 6.71. The smallest absolute Gasteiger partial charge is 0.407 e. The molecule has 0 aromatic heterocycles. The van der Waals surface area contributed by atoms with Gasteiger partial charge in [0.1, 0.15) is 11.4 Å². The average molecular weight is 300 g/mol. The second kappa shape index (κ2) is 5.60. The molecule has 0 atom stereocenters. The molecule has 0 saturated heterocycles. The van der Waals surface area contributed by atoms with Crippen molar-refractivity contribution < 1.29 is 13.9 Å². The standard InChI is InChI=1S/C15H19ClFNO2/c1-15(2,3)20-14(19)18-8-10-6-7-11(16)13(17)12(10)9-4-5-9/h6-7,9H,4-5,8H2,1-3H3,(H,18,19). The largest absolute Gasteiger partial charge is 0.444 e. The van der Waals surface area contributed by atoms with Gasteiger partial charge in [0.05, 0.1) is 5.02 Å². The van der Waals surface area contributed by atoms with E-state index < -0.39 is 11.7 Å². The molecule has 0 aliphatic heterocycles. The van der Waals surface area contributed by atoms with E-state index in [1.54, 1.807) is 26.8 Å². The Morgan fingerprint density at radius 1 is 1.45 bits per heavy atom. The maximum Gasteiger partial charge on any atom is 0.407 e. The molecule has 1 saturated carbocycles. The van der Waals surface area contributed by atoms with Crippen LogP contribution in [0.15, 0.2) is 12.1 Å². The number of rotatable bonds is 3. The molecule has 5 heteroatoms. The van der Waals surface area contributed by atoms with Gasteiger partial charge in [-0.2, -0.15) is 0 Å². The number of benzene rings is 1. The van der Waals surface area contributed by atoms with Crippen LogP contribution in [0.5, 0.6) is 0 Å². The molecule has 110 valence electrons. The minimum atomic E-state index is -0.547. The lowest BCUT2D eigenvalue weighted by Crippen LogP contribution is -2.32. The molecular weight excluding hydrogens is 281 g/mol. The Morgan fingerprint density at radius 2 is 2.10 bits per heavy atom. The van der Waals surface area contributed by atoms with E-state index in [9.17, 15) is 9.18 Å². The Balaban J connectivity index is 2.06. The molecule has 1 N–H and O–H groups in total. The van der Waals surface area contributed by atoms with Crippen LogP contribution >= 0.6 is 11.6 Å². The van der Waals surface area contributed by atoms with Crippen LogP contribution in [-0.4, -0.2) is 11.7 Å². The Hall–Kier alpha value is -1.29. The lowest BCUT2D eigenvalue weighted by molar-refractivity contribution is 0.0523. The SMILES string of the molecule is CC(C)(C)OC(=O)NCc1ccc(Cl)c(F)c1C1CC1. The number of amides is 1. The zero-order valence-corrected chi connectivity index (χ0v) is 12.7. The summed E-state index contributed by atoms with van der Waals surface area (Å²) in [6.45, 7) is 5.63. The van der Waals surface area contributed by atoms with E-state index in [4.69, 9.17) is 16.3 Å². The first-order chi connectivity index (χ1) is 9.28. The van der Waals surface area contributed by atoms with E-state index in [1.165, 1.54) is 6.07 Å². The lowest BCUT2D eigenvalue weighted by atomic mass is 10.0. The minimum absolute atomic E-state index is 0.132. The fourth-order valence-corrected chi connectivity index (χ4v) is 2.22. The highest BCUT2D eigenvalue weighted by atomic mass is 35.5. The van der Waals surface area contributed by atoms with E-state index in [-0.39, 0.29) is 23.3 Å². The highest BCUT2D eigenvalue weighted by Crippen LogP contribution is 2.44. The molecule has 0 heterocycles. The summed E-state index contributed by atoms with van der Waals surface area (Å²) in [4.78, 5) is 11.6. The first-order valence-corrected chi connectivity index (χ1v) is 7.09. The van der Waals surface area contributed by atoms with Crippen LogP contribution in [0.25, 0.3) is 0 Å². The quantitative estimate of drug-likeness (QED) is 0.899. The van der Waals surface area contributed by atoms with Crippen molar-refractivity contribution in [3.05, 3.63) is 34.1 Å². The number of halogens is 2. The van der Waals surface area contributed by atoms with Gasteiger partial charge in [0.2, 0.25) is 0 Å². The van der Waals surface area contributed by atoms with Gasteiger partial charge in [-0.3, -0.25) is 0 Å². The molecule has 1 aromatic carbocycles. The van der Waals surface area contributed by atoms with Crippen LogP contribution < -0.4 is 5.32 Å². The Morgan fingerprint density at radius 3 is 2.65 bits per heavy atom. The molecule has 1 aliphatic carbocycles. The zero-order valence-electron chi connectivity index (χ0n) is 11.9. The number of hydrogen-bond donors (Lipinski definition) is 1. The minimum Gasteiger partial charge on any atom is -0.444 e. The normalized spacial score (nSPS) is 15.1. The van der Waals surface area contributed by atoms with Crippen LogP contribution in [0.3, 0.4) is 0 Å². The number of hydrogen-bond acceptors (Lipinski definition) is 2. The van der Waals surface area contributed by atoms with Crippen molar-refractivity contribution in [2.24, 2.45) is 0 Å². The molecule has 1 fully saturated rings. The van der Waals surface area contributed by atoms with E-state index in [1.807, 2.05) is 0 Å². The van der Waals surface area contributed by atoms with Crippen molar-refractivity contribution in [1.82, 2.24) is 5.32 Å². The average Bonchev–Trinajstić information content (AvgIpc) is 3.12. The van der Waals surface area contributed by atoms with Crippen LogP contribution in [0.4, 0.5) is 9.18 Å². The third-order valence-corrected chi connectivity index (χ3v) is 3.32. The summed E-state index contributed by atoms with van der Waals surface area (Å²) < 4.78 is 19.2. The van der Waals surface area contributed by atoms with Gasteiger partial charge < -0.3 is 10.1 Å². The maximum atomic E-state index is 14.1. The molecule has 1 aromatic rings. The summed E-state index contributed by atoms with van der Waals surface area (Å²) >= 11 is 5.82. The van der Waals surface area contributed by atoms with Gasteiger partial charge in [-0.05, 0) is 56.7 Å². The summed E-state index contributed by atoms with van der Waals surface area (Å²) in [6.07, 6.45) is 1.43. The molecular formula is C15H19ClFNO2. The van der Waals surface area contributed by atoms with Crippen molar-refractivity contribution in [3.8, 4) is 0 Å². The number of alkyl carbamates (subject to hydrolysis) is 1. The maximum absolute atomic E-state index is 14.1. The molecule has 0 bridgehead atoms. The zero-order chi connectivity index (χ0) is 14.9. The second-order valence-electron chi connectivity index (χ2n) is 6.06. The highest BCUT2D eigenvalue weighted by Gasteiger charge is 2.30. The van der Waals surface area contributed by atoms with Crippen molar-refractivity contribution in [2.45, 2.75) is 51.7 Å². The molecule has 0 radical (unpaired) electrons. The predicted molar refractivity (Wildman–Crippen MR) is 76.5 cm³/mol. The van der Waals surface area contributed by atoms with Crippen LogP contribution in [0, 0.1) is 5.82 Å². The molecule has 20 heavy (non-hydrogen) atoms. The Bertz CT molecular complexity index is 521. The monoisotopic (exact) mass is 299 g/mol. The van der Waals surface area contributed by atoms with Crippen molar-refractivity contribution in [2.75, 3.05) is 0 Å². The highest BCUT2D eigenvalue weighted by molar-refractivity contribution is 6.30. The van der Waals surface area contributed by atoms with Crippen molar-refractivity contribution >= 4 is 17.7 Å². The van der Waals surface area contributed by atoms with Gasteiger partial charge in [0, 0.05) is 6.54 Å². The van der Waals surface area contributed by atoms with Gasteiger partial charge in [-0.25, -0.2) is 9.18 Å². The summed E-state index contributed by atoms with van der Waals surface area (Å²) in [5.41, 5.74) is 0.850. The van der Waals surface area contributed by atoms with Gasteiger partial charge in [-0.15, -0.1) is 0 Å². The van der Waals surface area contributed by atoms with Gasteiger partial charge in [-0.1, -0.05) is 17.7 Å². The van der Waals surface area contributed by atoms with Gasteiger partial charge >= 0.3 is 6.09 Å². The summed E-state index contributed by atoms with van der Waals surface area (Å²) in [7, 11) is 0. The molecule has 3 nitrogen and oxygen atoms in total. The van der Waals surface area contributed by atoms with E-state index >= 15 is 0 Å². The Kier molecular flexibility index (Phi) is 4.23. The van der Waals surface area contributed by atoms with Crippen molar-refractivity contribution in [3.63, 3.8) is 0 Å². The molecule has 0 unspecified atom stereocenters. The molecule has 1 amide bonds. The number of nitrogens with one attached hydrogen (secondary N) is 1.